The summed E-state index contributed by atoms with van der Waals surface area (Å²) < 4.78 is 1.62. The molecule has 0 aliphatic heterocycles. The fourth-order valence-corrected chi connectivity index (χ4v) is 3.21. The predicted molar refractivity (Wildman–Crippen MR) is 92.5 cm³/mol. The summed E-state index contributed by atoms with van der Waals surface area (Å²) in [7, 11) is 0. The van der Waals surface area contributed by atoms with Gasteiger partial charge in [0.25, 0.3) is 0 Å². The normalized spacial score (nSPS) is 11.4. The van der Waals surface area contributed by atoms with Crippen molar-refractivity contribution in [2.75, 3.05) is 11.6 Å². The molecule has 0 amide bonds. The number of benzene rings is 2. The highest BCUT2D eigenvalue weighted by atomic mass is 32.2. The molecule has 1 aromatic heterocycles. The minimum Gasteiger partial charge on any atom is -0.336 e. The number of aromatic nitrogens is 3. The van der Waals surface area contributed by atoms with Gasteiger partial charge in [-0.25, -0.2) is 4.68 Å². The Bertz CT molecular complexity index is 774. The topological polar surface area (TPSA) is 56.7 Å². The highest BCUT2D eigenvalue weighted by Crippen LogP contribution is 2.22. The summed E-state index contributed by atoms with van der Waals surface area (Å²) in [6.07, 6.45) is 0.688. The third kappa shape index (κ3) is 3.09. The Balaban J connectivity index is 1.86. The molecule has 2 N–H and O–H groups in total. The molecule has 1 heterocycles. The van der Waals surface area contributed by atoms with E-state index >= 15 is 0 Å². The molecule has 0 aliphatic carbocycles. The SMILES string of the molecule is CC(C)CSc1nnc(Cc2cccc3ccccc23)n1N. The van der Waals surface area contributed by atoms with Gasteiger partial charge in [-0.3, -0.25) is 0 Å². The molecule has 114 valence electrons. The van der Waals surface area contributed by atoms with Gasteiger partial charge in [-0.1, -0.05) is 68.1 Å². The van der Waals surface area contributed by atoms with Gasteiger partial charge in [-0.05, 0) is 22.3 Å². The largest absolute Gasteiger partial charge is 0.336 e. The molecule has 22 heavy (non-hydrogen) atoms. The van der Waals surface area contributed by atoms with Gasteiger partial charge < -0.3 is 5.84 Å². The van der Waals surface area contributed by atoms with E-state index in [9.17, 15) is 0 Å². The average molecular weight is 312 g/mol. The van der Waals surface area contributed by atoms with Crippen LogP contribution in [0.2, 0.25) is 0 Å². The summed E-state index contributed by atoms with van der Waals surface area (Å²) in [5.74, 6) is 8.54. The summed E-state index contributed by atoms with van der Waals surface area (Å²) in [4.78, 5) is 0. The highest BCUT2D eigenvalue weighted by molar-refractivity contribution is 7.99. The molecule has 3 rings (SSSR count). The predicted octanol–water partition coefficient (Wildman–Crippen LogP) is 3.48. The van der Waals surface area contributed by atoms with Crippen LogP contribution in [0.4, 0.5) is 0 Å². The second-order valence-corrected chi connectivity index (χ2v) is 6.78. The molecule has 4 nitrogen and oxygen atoms in total. The molecule has 0 saturated heterocycles. The standard InChI is InChI=1S/C17H20N4S/c1-12(2)11-22-17-20-19-16(21(17)18)10-14-8-5-7-13-6-3-4-9-15(13)14/h3-9,12H,10-11,18H2,1-2H3. The van der Waals surface area contributed by atoms with E-state index in [2.05, 4.69) is 66.5 Å². The Hall–Kier alpha value is -2.01. The van der Waals surface area contributed by atoms with Crippen LogP contribution < -0.4 is 5.84 Å². The quantitative estimate of drug-likeness (QED) is 0.579. The third-order valence-corrected chi connectivity index (χ3v) is 4.88. The van der Waals surface area contributed by atoms with Crippen molar-refractivity contribution in [1.29, 1.82) is 0 Å². The fraction of sp³-hybridized carbons (Fsp3) is 0.294. The van der Waals surface area contributed by atoms with Gasteiger partial charge in [0, 0.05) is 12.2 Å². The molecule has 0 bridgehead atoms. The van der Waals surface area contributed by atoms with Crippen molar-refractivity contribution in [2.24, 2.45) is 5.92 Å². The zero-order valence-corrected chi connectivity index (χ0v) is 13.7. The Morgan fingerprint density at radius 3 is 2.68 bits per heavy atom. The van der Waals surface area contributed by atoms with Crippen LogP contribution in [-0.4, -0.2) is 20.6 Å². The molecule has 0 radical (unpaired) electrons. The van der Waals surface area contributed by atoms with Gasteiger partial charge in [0.15, 0.2) is 5.82 Å². The number of nitrogens with two attached hydrogens (primary N) is 1. The van der Waals surface area contributed by atoms with Crippen LogP contribution in [0.5, 0.6) is 0 Å². The van der Waals surface area contributed by atoms with Gasteiger partial charge in [-0.15, -0.1) is 10.2 Å². The third-order valence-electron chi connectivity index (χ3n) is 3.51. The fourth-order valence-electron chi connectivity index (χ4n) is 2.38. The van der Waals surface area contributed by atoms with Crippen molar-refractivity contribution in [3.05, 3.63) is 53.9 Å². The minimum atomic E-state index is 0.600. The number of thioether (sulfide) groups is 1. The number of nitrogen functional groups attached to an aromatic ring is 1. The van der Waals surface area contributed by atoms with E-state index in [1.165, 1.54) is 16.3 Å². The van der Waals surface area contributed by atoms with Crippen molar-refractivity contribution in [2.45, 2.75) is 25.4 Å². The molecule has 0 aliphatic rings. The van der Waals surface area contributed by atoms with E-state index in [0.29, 0.717) is 12.3 Å². The maximum Gasteiger partial charge on any atom is 0.209 e. The van der Waals surface area contributed by atoms with Gasteiger partial charge in [0.05, 0.1) is 0 Å². The minimum absolute atomic E-state index is 0.600. The Labute approximate surface area is 134 Å². The lowest BCUT2D eigenvalue weighted by molar-refractivity contribution is 0.742. The molecule has 0 fully saturated rings. The van der Waals surface area contributed by atoms with Crippen LogP contribution in [-0.2, 0) is 6.42 Å². The van der Waals surface area contributed by atoms with E-state index < -0.39 is 0 Å². The summed E-state index contributed by atoms with van der Waals surface area (Å²) in [6.45, 7) is 4.36. The molecule has 2 aromatic carbocycles. The molecule has 3 aromatic rings. The van der Waals surface area contributed by atoms with Crippen molar-refractivity contribution >= 4 is 22.5 Å². The van der Waals surface area contributed by atoms with Crippen LogP contribution in [0.15, 0.2) is 47.6 Å². The monoisotopic (exact) mass is 312 g/mol. The van der Waals surface area contributed by atoms with Gasteiger partial charge in [0.1, 0.15) is 0 Å². The molecule has 0 atom stereocenters. The van der Waals surface area contributed by atoms with Crippen LogP contribution in [0.3, 0.4) is 0 Å². The van der Waals surface area contributed by atoms with E-state index in [4.69, 9.17) is 5.84 Å². The lowest BCUT2D eigenvalue weighted by Crippen LogP contribution is -2.14. The molecule has 5 heteroatoms. The molecule has 0 saturated carbocycles. The van der Waals surface area contributed by atoms with Crippen LogP contribution in [0.1, 0.15) is 25.2 Å². The van der Waals surface area contributed by atoms with E-state index in [0.717, 1.165) is 16.7 Å². The smallest absolute Gasteiger partial charge is 0.209 e. The Kier molecular flexibility index (Phi) is 4.34. The first kappa shape index (κ1) is 14.9. The molecular weight excluding hydrogens is 292 g/mol. The van der Waals surface area contributed by atoms with Crippen molar-refractivity contribution < 1.29 is 0 Å². The summed E-state index contributed by atoms with van der Waals surface area (Å²) in [5, 5.41) is 11.7. The first-order chi connectivity index (χ1) is 10.6. The maximum atomic E-state index is 6.15. The number of hydrogen-bond donors (Lipinski definition) is 1. The summed E-state index contributed by atoms with van der Waals surface area (Å²) in [6, 6.07) is 14.7. The number of hydrogen-bond acceptors (Lipinski definition) is 4. The van der Waals surface area contributed by atoms with Gasteiger partial charge in [-0.2, -0.15) is 0 Å². The lowest BCUT2D eigenvalue weighted by Gasteiger charge is -2.07. The number of nitrogens with zero attached hydrogens (tertiary/aromatic N) is 3. The van der Waals surface area contributed by atoms with Gasteiger partial charge in [0.2, 0.25) is 5.16 Å². The van der Waals surface area contributed by atoms with Crippen LogP contribution in [0, 0.1) is 5.92 Å². The van der Waals surface area contributed by atoms with Crippen LogP contribution in [0.25, 0.3) is 10.8 Å². The zero-order chi connectivity index (χ0) is 15.5. The zero-order valence-electron chi connectivity index (χ0n) is 12.9. The summed E-state index contributed by atoms with van der Waals surface area (Å²) >= 11 is 1.65. The van der Waals surface area contributed by atoms with E-state index in [1.807, 2.05) is 0 Å². The van der Waals surface area contributed by atoms with Gasteiger partial charge >= 0.3 is 0 Å². The first-order valence-electron chi connectivity index (χ1n) is 7.44. The second-order valence-electron chi connectivity index (χ2n) is 5.79. The maximum absolute atomic E-state index is 6.15. The van der Waals surface area contributed by atoms with Crippen molar-refractivity contribution in [1.82, 2.24) is 14.9 Å². The van der Waals surface area contributed by atoms with E-state index in [-0.39, 0.29) is 0 Å². The Morgan fingerprint density at radius 2 is 1.86 bits per heavy atom. The number of fused-ring (bicyclic) bond motifs is 1. The average Bonchev–Trinajstić information content (AvgIpc) is 2.86. The molecule has 0 spiro atoms. The summed E-state index contributed by atoms with van der Waals surface area (Å²) in [5.41, 5.74) is 1.22. The first-order valence-corrected chi connectivity index (χ1v) is 8.42. The molecular formula is C17H20N4S. The highest BCUT2D eigenvalue weighted by Gasteiger charge is 2.12. The molecule has 0 unspecified atom stereocenters. The Morgan fingerprint density at radius 1 is 1.09 bits per heavy atom. The lowest BCUT2D eigenvalue weighted by atomic mass is 10.0. The van der Waals surface area contributed by atoms with Crippen LogP contribution >= 0.6 is 11.8 Å². The van der Waals surface area contributed by atoms with Crippen molar-refractivity contribution in [3.63, 3.8) is 0 Å². The second kappa shape index (κ2) is 6.40. The van der Waals surface area contributed by atoms with Crippen molar-refractivity contribution in [3.8, 4) is 0 Å². The van der Waals surface area contributed by atoms with E-state index in [1.54, 1.807) is 16.4 Å². The number of rotatable bonds is 5.